The number of aromatic carboxylic acids is 1. The number of fused-ring (bicyclic) bond motifs is 1. The molecule has 168 valence electrons. The maximum Gasteiger partial charge on any atom is 0.338 e. The molecule has 1 aromatic heterocycles. The number of hydrogen-bond acceptors (Lipinski definition) is 3. The van der Waals surface area contributed by atoms with Crippen LogP contribution in [0.3, 0.4) is 0 Å². The highest BCUT2D eigenvalue weighted by Gasteiger charge is 2.29. The summed E-state index contributed by atoms with van der Waals surface area (Å²) in [6, 6.07) is 15.2. The summed E-state index contributed by atoms with van der Waals surface area (Å²) < 4.78 is 35.9. The van der Waals surface area contributed by atoms with Crippen LogP contribution < -0.4 is 0 Å². The quantitative estimate of drug-likeness (QED) is 0.409. The number of halogens is 2. The zero-order chi connectivity index (χ0) is 23.1. The fraction of sp³-hybridized carbons (Fsp3) is 0.192. The van der Waals surface area contributed by atoms with Crippen LogP contribution in [0.2, 0.25) is 0 Å². The smallest absolute Gasteiger partial charge is 0.338 e. The third kappa shape index (κ3) is 3.64. The van der Waals surface area contributed by atoms with Gasteiger partial charge in [0.2, 0.25) is 0 Å². The lowest BCUT2D eigenvalue weighted by Gasteiger charge is -2.26. The van der Waals surface area contributed by atoms with Gasteiger partial charge in [-0.1, -0.05) is 12.1 Å². The molecule has 0 amide bonds. The standard InChI is InChI=1S/C26H21F2NO4/c27-17-5-7-18(8-6-17)29-21-2-1-3-22(30)24(21)23(25(29)15-10-12-33-13-11-15)16-4-9-19(26(31)32)20(28)14-16/h1-9,14-15,30H,10-13H2,(H,31,32). The second-order valence-electron chi connectivity index (χ2n) is 8.13. The Hall–Kier alpha value is -3.71. The van der Waals surface area contributed by atoms with Crippen molar-refractivity contribution in [2.45, 2.75) is 18.8 Å². The Morgan fingerprint density at radius 3 is 2.39 bits per heavy atom. The summed E-state index contributed by atoms with van der Waals surface area (Å²) in [4.78, 5) is 11.3. The normalized spacial score (nSPS) is 14.6. The molecule has 4 aromatic rings. The van der Waals surface area contributed by atoms with Crippen LogP contribution in [0, 0.1) is 11.6 Å². The van der Waals surface area contributed by atoms with Gasteiger partial charge in [-0.2, -0.15) is 0 Å². The molecule has 1 aliphatic rings. The van der Waals surface area contributed by atoms with E-state index in [1.807, 2.05) is 10.6 Å². The average Bonchev–Trinajstić information content (AvgIpc) is 3.16. The second-order valence-corrected chi connectivity index (χ2v) is 8.13. The summed E-state index contributed by atoms with van der Waals surface area (Å²) in [6.45, 7) is 1.13. The number of hydrogen-bond donors (Lipinski definition) is 2. The van der Waals surface area contributed by atoms with Crippen LogP contribution in [0.25, 0.3) is 27.7 Å². The molecule has 0 atom stereocenters. The number of aromatic hydroxyl groups is 1. The molecule has 1 fully saturated rings. The Morgan fingerprint density at radius 2 is 1.73 bits per heavy atom. The molecule has 0 bridgehead atoms. The lowest BCUT2D eigenvalue weighted by Crippen LogP contribution is -2.17. The zero-order valence-corrected chi connectivity index (χ0v) is 17.6. The van der Waals surface area contributed by atoms with Gasteiger partial charge in [-0.3, -0.25) is 0 Å². The highest BCUT2D eigenvalue weighted by atomic mass is 19.1. The van der Waals surface area contributed by atoms with E-state index in [2.05, 4.69) is 0 Å². The average molecular weight is 449 g/mol. The Labute approximate surface area is 188 Å². The van der Waals surface area contributed by atoms with E-state index in [1.165, 1.54) is 24.3 Å². The molecule has 0 radical (unpaired) electrons. The van der Waals surface area contributed by atoms with E-state index in [-0.39, 0.29) is 17.5 Å². The number of carboxylic acids is 1. The number of carbonyl (C=O) groups is 1. The molecule has 3 aromatic carbocycles. The largest absolute Gasteiger partial charge is 0.507 e. The highest BCUT2D eigenvalue weighted by Crippen LogP contribution is 2.46. The number of aromatic nitrogens is 1. The van der Waals surface area contributed by atoms with E-state index in [0.29, 0.717) is 40.9 Å². The molecule has 2 heterocycles. The van der Waals surface area contributed by atoms with Crippen molar-refractivity contribution >= 4 is 16.9 Å². The van der Waals surface area contributed by atoms with E-state index in [9.17, 15) is 23.8 Å². The van der Waals surface area contributed by atoms with Gasteiger partial charge in [0, 0.05) is 41.5 Å². The summed E-state index contributed by atoms with van der Waals surface area (Å²) in [5.74, 6) is -2.50. The maximum absolute atomic E-state index is 14.7. The van der Waals surface area contributed by atoms with Gasteiger partial charge in [-0.15, -0.1) is 0 Å². The van der Waals surface area contributed by atoms with Crippen molar-refractivity contribution < 1.29 is 28.5 Å². The molecule has 5 nitrogen and oxygen atoms in total. The monoisotopic (exact) mass is 449 g/mol. The fourth-order valence-electron chi connectivity index (χ4n) is 4.70. The van der Waals surface area contributed by atoms with Gasteiger partial charge in [-0.25, -0.2) is 13.6 Å². The van der Waals surface area contributed by atoms with Crippen LogP contribution in [0.5, 0.6) is 5.75 Å². The number of phenols is 1. The van der Waals surface area contributed by atoms with Crippen molar-refractivity contribution in [3.63, 3.8) is 0 Å². The van der Waals surface area contributed by atoms with E-state index in [0.717, 1.165) is 18.5 Å². The molecule has 0 aliphatic carbocycles. The Morgan fingerprint density at radius 1 is 1.00 bits per heavy atom. The topological polar surface area (TPSA) is 71.7 Å². The number of ether oxygens (including phenoxy) is 1. The lowest BCUT2D eigenvalue weighted by atomic mass is 9.89. The molecule has 33 heavy (non-hydrogen) atoms. The number of nitrogens with zero attached hydrogens (tertiary/aromatic N) is 1. The minimum Gasteiger partial charge on any atom is -0.507 e. The zero-order valence-electron chi connectivity index (χ0n) is 17.6. The van der Waals surface area contributed by atoms with E-state index >= 15 is 0 Å². The molecular weight excluding hydrogens is 428 g/mol. The molecule has 0 spiro atoms. The fourth-order valence-corrected chi connectivity index (χ4v) is 4.70. The van der Waals surface area contributed by atoms with Crippen molar-refractivity contribution in [2.24, 2.45) is 0 Å². The first-order valence-corrected chi connectivity index (χ1v) is 10.7. The van der Waals surface area contributed by atoms with Crippen molar-refractivity contribution in [3.05, 3.63) is 83.6 Å². The van der Waals surface area contributed by atoms with Crippen LogP contribution in [-0.2, 0) is 4.74 Å². The first-order valence-electron chi connectivity index (χ1n) is 10.7. The molecule has 2 N–H and O–H groups in total. The molecule has 0 unspecified atom stereocenters. The lowest BCUT2D eigenvalue weighted by molar-refractivity contribution is 0.0692. The number of rotatable bonds is 4. The first kappa shape index (κ1) is 21.2. The Bertz CT molecular complexity index is 1360. The van der Waals surface area contributed by atoms with Crippen molar-refractivity contribution in [1.29, 1.82) is 0 Å². The van der Waals surface area contributed by atoms with Gasteiger partial charge in [0.05, 0.1) is 11.1 Å². The Balaban J connectivity index is 1.87. The van der Waals surface area contributed by atoms with Crippen LogP contribution >= 0.6 is 0 Å². The summed E-state index contributed by atoms with van der Waals surface area (Å²) in [5, 5.41) is 20.6. The number of carboxylic acid groups (broad SMARTS) is 1. The predicted octanol–water partition coefficient (Wildman–Crippen LogP) is 5.87. The third-order valence-corrected chi connectivity index (χ3v) is 6.19. The van der Waals surface area contributed by atoms with Gasteiger partial charge >= 0.3 is 5.97 Å². The van der Waals surface area contributed by atoms with E-state index in [1.54, 1.807) is 30.3 Å². The highest BCUT2D eigenvalue weighted by molar-refractivity contribution is 6.03. The SMILES string of the molecule is O=C(O)c1ccc(-c2c(C3CCOCC3)n(-c3ccc(F)cc3)c3cccc(O)c23)cc1F. The van der Waals surface area contributed by atoms with Crippen LogP contribution in [0.15, 0.2) is 60.7 Å². The molecule has 7 heteroatoms. The molecular formula is C26H21F2NO4. The van der Waals surface area contributed by atoms with Crippen LogP contribution in [-0.4, -0.2) is 34.0 Å². The van der Waals surface area contributed by atoms with Gasteiger partial charge in [-0.05, 0) is 66.9 Å². The summed E-state index contributed by atoms with van der Waals surface area (Å²) >= 11 is 0. The minimum atomic E-state index is -1.35. The van der Waals surface area contributed by atoms with Crippen LogP contribution in [0.1, 0.15) is 34.8 Å². The Kier molecular flexibility index (Phi) is 5.34. The summed E-state index contributed by atoms with van der Waals surface area (Å²) in [5.41, 5.74) is 2.94. The number of benzene rings is 3. The summed E-state index contributed by atoms with van der Waals surface area (Å²) in [6.07, 6.45) is 1.45. The summed E-state index contributed by atoms with van der Waals surface area (Å²) in [7, 11) is 0. The third-order valence-electron chi connectivity index (χ3n) is 6.19. The first-order chi connectivity index (χ1) is 16.0. The molecule has 1 saturated heterocycles. The predicted molar refractivity (Wildman–Crippen MR) is 120 cm³/mol. The molecule has 1 aliphatic heterocycles. The van der Waals surface area contributed by atoms with Gasteiger partial charge in [0.1, 0.15) is 17.4 Å². The van der Waals surface area contributed by atoms with Crippen molar-refractivity contribution in [3.8, 4) is 22.6 Å². The van der Waals surface area contributed by atoms with Gasteiger partial charge in [0.15, 0.2) is 0 Å². The van der Waals surface area contributed by atoms with Crippen molar-refractivity contribution in [2.75, 3.05) is 13.2 Å². The van der Waals surface area contributed by atoms with Gasteiger partial charge < -0.3 is 19.5 Å². The molecule has 0 saturated carbocycles. The van der Waals surface area contributed by atoms with E-state index in [4.69, 9.17) is 4.74 Å². The number of phenolic OH excluding ortho intramolecular Hbond substituents is 1. The molecule has 5 rings (SSSR count). The maximum atomic E-state index is 14.7. The van der Waals surface area contributed by atoms with Gasteiger partial charge in [0.25, 0.3) is 0 Å². The van der Waals surface area contributed by atoms with E-state index < -0.39 is 17.3 Å². The van der Waals surface area contributed by atoms with Crippen molar-refractivity contribution in [1.82, 2.24) is 4.57 Å². The second kappa shape index (κ2) is 8.33. The minimum absolute atomic E-state index is 0.0272. The van der Waals surface area contributed by atoms with Crippen LogP contribution in [0.4, 0.5) is 8.78 Å².